The highest BCUT2D eigenvalue weighted by atomic mass is 28.4. The Bertz CT molecular complexity index is 603. The number of carbonyl (C=O) groups excluding carboxylic acids is 1. The van der Waals surface area contributed by atoms with Crippen LogP contribution in [-0.2, 0) is 37.6 Å². The summed E-state index contributed by atoms with van der Waals surface area (Å²) in [5.74, 6) is -0.476. The lowest BCUT2D eigenvalue weighted by atomic mass is 9.72. The molecule has 2 fully saturated rings. The standard InChI is InChI=1S/C22H42O8Si/c1-21(2,3)31(9,10)29-12-14(24-6)11-15-22(4,5)19(25-7)17-16(30-15)18(20(23)26-8)28-13-27-17/h14-19H,11-13H2,1-10H3/t14-,15+,16-,17-,18-,19+/m0/s1. The summed E-state index contributed by atoms with van der Waals surface area (Å²) in [4.78, 5) is 12.3. The van der Waals surface area contributed by atoms with Crippen molar-refractivity contribution in [1.29, 1.82) is 0 Å². The van der Waals surface area contributed by atoms with Crippen molar-refractivity contribution in [2.75, 3.05) is 34.7 Å². The molecule has 2 rings (SSSR count). The molecule has 6 atom stereocenters. The summed E-state index contributed by atoms with van der Waals surface area (Å²) < 4.78 is 40.8. The molecule has 31 heavy (non-hydrogen) atoms. The molecule has 0 unspecified atom stereocenters. The third-order valence-electron chi connectivity index (χ3n) is 7.25. The second-order valence-corrected chi connectivity index (χ2v) is 15.4. The minimum atomic E-state index is -1.91. The highest BCUT2D eigenvalue weighted by Gasteiger charge is 2.57. The highest BCUT2D eigenvalue weighted by Crippen LogP contribution is 2.44. The van der Waals surface area contributed by atoms with Crippen LogP contribution in [0.15, 0.2) is 0 Å². The van der Waals surface area contributed by atoms with Crippen LogP contribution in [0.1, 0.15) is 41.0 Å². The normalized spacial score (nSPS) is 32.3. The first kappa shape index (κ1) is 26.7. The van der Waals surface area contributed by atoms with Crippen molar-refractivity contribution in [2.24, 2.45) is 5.41 Å². The molecule has 0 aliphatic carbocycles. The molecule has 9 heteroatoms. The van der Waals surface area contributed by atoms with Crippen molar-refractivity contribution in [2.45, 2.75) is 95.8 Å². The van der Waals surface area contributed by atoms with E-state index in [0.717, 1.165) is 0 Å². The van der Waals surface area contributed by atoms with Crippen LogP contribution in [-0.4, -0.2) is 85.6 Å². The average molecular weight is 463 g/mol. The Morgan fingerprint density at radius 3 is 2.29 bits per heavy atom. The summed E-state index contributed by atoms with van der Waals surface area (Å²) in [6, 6.07) is 0. The smallest absolute Gasteiger partial charge is 0.337 e. The van der Waals surface area contributed by atoms with Crippen LogP contribution in [0.2, 0.25) is 18.1 Å². The van der Waals surface area contributed by atoms with Crippen LogP contribution in [0.25, 0.3) is 0 Å². The maximum absolute atomic E-state index is 12.3. The minimum Gasteiger partial charge on any atom is -0.467 e. The molecule has 0 N–H and O–H groups in total. The summed E-state index contributed by atoms with van der Waals surface area (Å²) in [6.45, 7) is 15.8. The Morgan fingerprint density at radius 2 is 1.77 bits per heavy atom. The molecule has 0 aromatic rings. The van der Waals surface area contributed by atoms with Gasteiger partial charge in [-0.05, 0) is 18.1 Å². The van der Waals surface area contributed by atoms with Gasteiger partial charge in [-0.3, -0.25) is 0 Å². The molecule has 0 bridgehead atoms. The zero-order valence-electron chi connectivity index (χ0n) is 20.9. The predicted molar refractivity (Wildman–Crippen MR) is 118 cm³/mol. The van der Waals surface area contributed by atoms with Gasteiger partial charge in [-0.15, -0.1) is 0 Å². The maximum atomic E-state index is 12.3. The number of carbonyl (C=O) groups is 1. The SMILES string of the molecule is COC(=O)[C@H]1OCO[C@H]2[C@@H]1O[C@H](C[C@@H](CO[Si](C)(C)C(C)(C)C)OC)C(C)(C)[C@@H]2OC. The molecular formula is C22H42O8Si. The first-order valence-corrected chi connectivity index (χ1v) is 13.9. The maximum Gasteiger partial charge on any atom is 0.337 e. The van der Waals surface area contributed by atoms with Crippen molar-refractivity contribution in [3.63, 3.8) is 0 Å². The van der Waals surface area contributed by atoms with Crippen LogP contribution in [0.3, 0.4) is 0 Å². The Balaban J connectivity index is 2.20. The predicted octanol–water partition coefficient (Wildman–Crippen LogP) is 3.14. The van der Waals surface area contributed by atoms with Gasteiger partial charge in [-0.25, -0.2) is 4.79 Å². The molecule has 8 nitrogen and oxygen atoms in total. The molecule has 0 aromatic heterocycles. The Kier molecular flexibility index (Phi) is 8.74. The molecule has 2 aliphatic rings. The van der Waals surface area contributed by atoms with Crippen molar-refractivity contribution in [1.82, 2.24) is 0 Å². The van der Waals surface area contributed by atoms with E-state index in [2.05, 4.69) is 47.7 Å². The van der Waals surface area contributed by atoms with Crippen LogP contribution < -0.4 is 0 Å². The van der Waals surface area contributed by atoms with Gasteiger partial charge < -0.3 is 32.8 Å². The van der Waals surface area contributed by atoms with Crippen molar-refractivity contribution in [3.8, 4) is 0 Å². The fourth-order valence-electron chi connectivity index (χ4n) is 4.04. The largest absolute Gasteiger partial charge is 0.467 e. The summed E-state index contributed by atoms with van der Waals surface area (Å²) in [5.41, 5.74) is -0.387. The molecule has 2 saturated heterocycles. The molecule has 0 amide bonds. The minimum absolute atomic E-state index is 0.00799. The summed E-state index contributed by atoms with van der Waals surface area (Å²) in [7, 11) is 2.78. The van der Waals surface area contributed by atoms with E-state index in [9.17, 15) is 4.79 Å². The molecule has 0 spiro atoms. The van der Waals surface area contributed by atoms with Gasteiger partial charge in [-0.1, -0.05) is 34.6 Å². The number of fused-ring (bicyclic) bond motifs is 1. The number of ether oxygens (including phenoxy) is 6. The Hall–Kier alpha value is -0.553. The molecule has 0 saturated carbocycles. The van der Waals surface area contributed by atoms with E-state index in [-0.39, 0.29) is 35.6 Å². The number of esters is 1. The Morgan fingerprint density at radius 1 is 1.13 bits per heavy atom. The van der Waals surface area contributed by atoms with E-state index in [1.807, 2.05) is 0 Å². The van der Waals surface area contributed by atoms with Gasteiger partial charge in [0.05, 0.1) is 32.0 Å². The van der Waals surface area contributed by atoms with E-state index in [1.165, 1.54) is 7.11 Å². The monoisotopic (exact) mass is 462 g/mol. The van der Waals surface area contributed by atoms with Gasteiger partial charge in [0.25, 0.3) is 0 Å². The highest BCUT2D eigenvalue weighted by molar-refractivity contribution is 6.74. The average Bonchev–Trinajstić information content (AvgIpc) is 2.69. The lowest BCUT2D eigenvalue weighted by molar-refractivity contribution is -0.325. The van der Waals surface area contributed by atoms with Gasteiger partial charge in [0.1, 0.15) is 19.0 Å². The third-order valence-corrected chi connectivity index (χ3v) is 11.7. The first-order valence-electron chi connectivity index (χ1n) is 11.0. The molecule has 0 radical (unpaired) electrons. The number of rotatable bonds is 8. The quantitative estimate of drug-likeness (QED) is 0.402. The fraction of sp³-hybridized carbons (Fsp3) is 0.955. The van der Waals surface area contributed by atoms with Gasteiger partial charge in [0.15, 0.2) is 14.4 Å². The van der Waals surface area contributed by atoms with E-state index < -0.39 is 32.6 Å². The zero-order valence-corrected chi connectivity index (χ0v) is 21.9. The number of hydrogen-bond acceptors (Lipinski definition) is 8. The van der Waals surface area contributed by atoms with Crippen LogP contribution in [0, 0.1) is 5.41 Å². The van der Waals surface area contributed by atoms with Gasteiger partial charge in [0, 0.05) is 26.1 Å². The summed E-state index contributed by atoms with van der Waals surface area (Å²) in [6.07, 6.45) is -2.02. The second-order valence-electron chi connectivity index (χ2n) is 10.6. The number of methoxy groups -OCH3 is 3. The lowest BCUT2D eigenvalue weighted by Crippen LogP contribution is -2.67. The topological polar surface area (TPSA) is 81.7 Å². The van der Waals surface area contributed by atoms with Crippen LogP contribution in [0.4, 0.5) is 0 Å². The van der Waals surface area contributed by atoms with Crippen molar-refractivity contribution >= 4 is 14.3 Å². The van der Waals surface area contributed by atoms with Crippen molar-refractivity contribution in [3.05, 3.63) is 0 Å². The Labute approximate surface area is 188 Å². The molecule has 2 aliphatic heterocycles. The van der Waals surface area contributed by atoms with E-state index in [0.29, 0.717) is 13.0 Å². The van der Waals surface area contributed by atoms with Crippen LogP contribution >= 0.6 is 0 Å². The fourth-order valence-corrected chi connectivity index (χ4v) is 5.07. The zero-order chi connectivity index (χ0) is 23.6. The van der Waals surface area contributed by atoms with Gasteiger partial charge in [-0.2, -0.15) is 0 Å². The lowest BCUT2D eigenvalue weighted by Gasteiger charge is -2.54. The van der Waals surface area contributed by atoms with Crippen LogP contribution in [0.5, 0.6) is 0 Å². The third kappa shape index (κ3) is 5.69. The molecule has 182 valence electrons. The summed E-state index contributed by atoms with van der Waals surface area (Å²) in [5, 5.41) is 0.116. The van der Waals surface area contributed by atoms with E-state index >= 15 is 0 Å². The van der Waals surface area contributed by atoms with Gasteiger partial charge in [0.2, 0.25) is 0 Å². The second kappa shape index (κ2) is 10.2. The first-order chi connectivity index (χ1) is 14.3. The molecular weight excluding hydrogens is 420 g/mol. The van der Waals surface area contributed by atoms with E-state index in [1.54, 1.807) is 14.2 Å². The molecule has 0 aromatic carbocycles. The molecule has 2 heterocycles. The van der Waals surface area contributed by atoms with Crippen molar-refractivity contribution < 1.29 is 37.6 Å². The van der Waals surface area contributed by atoms with Gasteiger partial charge >= 0.3 is 5.97 Å². The van der Waals surface area contributed by atoms with E-state index in [4.69, 9.17) is 32.8 Å². The number of hydrogen-bond donors (Lipinski definition) is 0. The summed E-state index contributed by atoms with van der Waals surface area (Å²) >= 11 is 0.